The number of aryl methyl sites for hydroxylation is 2. The van der Waals surface area contributed by atoms with E-state index in [1.807, 2.05) is 0 Å². The fourth-order valence-corrected chi connectivity index (χ4v) is 24.5. The Hall–Kier alpha value is -2.31. The molecule has 0 nitrogen and oxygen atoms in total. The smallest absolute Gasteiger partial charge is 1.00 e. The normalized spacial score (nSPS) is 39.9. The van der Waals surface area contributed by atoms with Crippen LogP contribution in [0.1, 0.15) is 84.1 Å². The molecule has 9 atom stereocenters. The number of allylic oxidation sites excluding steroid dienone is 16. The number of benzene rings is 2. The third kappa shape index (κ3) is 4.40. The molecule has 0 saturated heterocycles. The molecule has 8 rings (SSSR count). The second-order valence-electron chi connectivity index (χ2n) is 17.9. The van der Waals surface area contributed by atoms with Gasteiger partial charge in [0.15, 0.2) is 0 Å². The Morgan fingerprint density at radius 1 is 0.577 bits per heavy atom. The third-order valence-electron chi connectivity index (χ3n) is 16.9. The molecule has 0 aliphatic heterocycles. The minimum Gasteiger partial charge on any atom is -1.00 e. The average Bonchev–Trinajstić information content (AvgIpc) is 3.69. The summed E-state index contributed by atoms with van der Waals surface area (Å²) >= 11 is -2.94. The molecule has 270 valence electrons. The minimum absolute atomic E-state index is 0. The topological polar surface area (TPSA) is 0 Å². The van der Waals surface area contributed by atoms with Crippen molar-refractivity contribution in [1.29, 1.82) is 0 Å². The molecular formula is C49H56Cl2Zr. The van der Waals surface area contributed by atoms with Gasteiger partial charge in [-0.2, -0.15) is 0 Å². The molecule has 6 aliphatic rings. The van der Waals surface area contributed by atoms with Crippen molar-refractivity contribution in [3.05, 3.63) is 165 Å². The van der Waals surface area contributed by atoms with Crippen LogP contribution in [0.5, 0.6) is 0 Å². The summed E-state index contributed by atoms with van der Waals surface area (Å²) in [6.07, 6.45) is 36.2. The molecule has 2 aromatic rings. The van der Waals surface area contributed by atoms with Crippen molar-refractivity contribution in [2.45, 2.75) is 79.3 Å². The van der Waals surface area contributed by atoms with Crippen molar-refractivity contribution >= 4 is 3.21 Å². The molecule has 0 heterocycles. The molecule has 3 heteroatoms. The summed E-state index contributed by atoms with van der Waals surface area (Å²) in [6, 6.07) is 19.2. The summed E-state index contributed by atoms with van der Waals surface area (Å²) in [6.45, 7) is 25.8. The van der Waals surface area contributed by atoms with Gasteiger partial charge in [0.05, 0.1) is 0 Å². The molecule has 0 spiro atoms. The van der Waals surface area contributed by atoms with Crippen molar-refractivity contribution in [3.8, 4) is 0 Å². The van der Waals surface area contributed by atoms with Crippen LogP contribution in [0.15, 0.2) is 142 Å². The van der Waals surface area contributed by atoms with Crippen LogP contribution in [-0.2, 0) is 21.3 Å². The van der Waals surface area contributed by atoms with Gasteiger partial charge < -0.3 is 24.8 Å². The second kappa shape index (κ2) is 12.9. The fourth-order valence-electron chi connectivity index (χ4n) is 13.3. The standard InChI is InChI=1S/C29H37.C15H14.C5H5.2ClH.Zr/c1-21-14-13-15-22-20-27(6)25(4)18-10-9-16-23(25,2)24(3)17-11-12-19-26(24,5)29(27,8)28(21,22)7;1-12-3-7-14(8-4-12)11-15-9-5-13(2)6-10-15;1-2-4-5-3-1;;;/h9-20,22H,1-8H3;3-10H,1-2H3;1-3H,4H2;2*1H;/q;;;;;+2/p-2. The van der Waals surface area contributed by atoms with Gasteiger partial charge in [0.1, 0.15) is 0 Å². The van der Waals surface area contributed by atoms with E-state index in [4.69, 9.17) is 0 Å². The summed E-state index contributed by atoms with van der Waals surface area (Å²) in [5.41, 5.74) is 6.46. The van der Waals surface area contributed by atoms with Gasteiger partial charge in [-0.15, -0.1) is 0 Å². The number of hydrogen-bond acceptors (Lipinski definition) is 0. The van der Waals surface area contributed by atoms with E-state index in [1.54, 1.807) is 12.1 Å². The molecule has 0 aromatic heterocycles. The number of fused-ring (bicyclic) bond motifs is 8. The maximum Gasteiger partial charge on any atom is -1.00 e. The predicted octanol–water partition coefficient (Wildman–Crippen LogP) is 6.59. The van der Waals surface area contributed by atoms with Crippen molar-refractivity contribution < 1.29 is 46.1 Å². The molecule has 2 saturated carbocycles. The Balaban J connectivity index is 0.00000232. The van der Waals surface area contributed by atoms with Gasteiger partial charge in [-0.1, -0.05) is 0 Å². The number of hydrogen-bond donors (Lipinski definition) is 0. The quantitative estimate of drug-likeness (QED) is 0.328. The fraction of sp³-hybridized carbons (Fsp3) is 0.408. The van der Waals surface area contributed by atoms with Gasteiger partial charge in [0.2, 0.25) is 0 Å². The predicted molar refractivity (Wildman–Crippen MR) is 211 cm³/mol. The number of rotatable bonds is 4. The average molecular weight is 807 g/mol. The van der Waals surface area contributed by atoms with Crippen molar-refractivity contribution in [1.82, 2.24) is 0 Å². The maximum atomic E-state index is 2.81. The molecule has 52 heavy (non-hydrogen) atoms. The monoisotopic (exact) mass is 804 g/mol. The van der Waals surface area contributed by atoms with Crippen LogP contribution in [0.2, 0.25) is 3.63 Å². The first-order chi connectivity index (χ1) is 23.7. The zero-order chi connectivity index (χ0) is 35.5. The molecule has 2 aromatic carbocycles. The first-order valence-electron chi connectivity index (χ1n) is 19.0. The molecule has 0 bridgehead atoms. The summed E-state index contributed by atoms with van der Waals surface area (Å²) < 4.78 is 3.93. The Morgan fingerprint density at radius 3 is 1.56 bits per heavy atom. The molecule has 6 aliphatic carbocycles. The van der Waals surface area contributed by atoms with Gasteiger partial charge in [-0.3, -0.25) is 0 Å². The van der Waals surface area contributed by atoms with E-state index in [0.717, 1.165) is 6.42 Å². The molecule has 0 radical (unpaired) electrons. The molecule has 0 N–H and O–H groups in total. The first kappa shape index (κ1) is 39.4. The van der Waals surface area contributed by atoms with Gasteiger partial charge in [0, 0.05) is 0 Å². The van der Waals surface area contributed by atoms with Crippen LogP contribution in [-0.4, -0.2) is 3.21 Å². The largest absolute Gasteiger partial charge is 1.00 e. The Labute approximate surface area is 334 Å². The van der Waals surface area contributed by atoms with E-state index in [9.17, 15) is 0 Å². The van der Waals surface area contributed by atoms with Crippen molar-refractivity contribution in [2.75, 3.05) is 0 Å². The Morgan fingerprint density at radius 2 is 1.06 bits per heavy atom. The van der Waals surface area contributed by atoms with Crippen LogP contribution in [0.3, 0.4) is 0 Å². The zero-order valence-electron chi connectivity index (χ0n) is 32.8. The minimum atomic E-state index is -2.94. The summed E-state index contributed by atoms with van der Waals surface area (Å²) in [7, 11) is 0. The van der Waals surface area contributed by atoms with Gasteiger partial charge >= 0.3 is 312 Å². The van der Waals surface area contributed by atoms with Crippen LogP contribution in [0.25, 0.3) is 0 Å². The first-order valence-corrected chi connectivity index (χ1v) is 22.9. The summed E-state index contributed by atoms with van der Waals surface area (Å²) in [4.78, 5) is 0. The third-order valence-corrected chi connectivity index (χ3v) is 26.1. The van der Waals surface area contributed by atoms with E-state index in [2.05, 4.69) is 203 Å². The zero-order valence-corrected chi connectivity index (χ0v) is 36.8. The Kier molecular flexibility index (Phi) is 9.76. The van der Waals surface area contributed by atoms with Gasteiger partial charge in [-0.05, 0) is 0 Å². The molecule has 0 amide bonds. The SMILES string of the molecule is CC1=CC=CC2[CH]([Zr+2]([C]3=CC=CC3)=[C](c3ccc(C)cc3)c3ccc(C)cc3)C3(C)C4(C)C=CC=CC4(C)C4(C)C=CC=CC4(C)C3(C)C12C.[Cl-].[Cl-]. The summed E-state index contributed by atoms with van der Waals surface area (Å²) in [5.74, 6) is 0.420. The van der Waals surface area contributed by atoms with Crippen LogP contribution >= 0.6 is 0 Å². The van der Waals surface area contributed by atoms with Gasteiger partial charge in [-0.25, -0.2) is 0 Å². The molecule has 9 unspecified atom stereocenters. The van der Waals surface area contributed by atoms with Crippen LogP contribution < -0.4 is 24.8 Å². The van der Waals surface area contributed by atoms with E-state index in [-0.39, 0.29) is 62.7 Å². The van der Waals surface area contributed by atoms with E-state index < -0.39 is 21.3 Å². The maximum absolute atomic E-state index is 2.94. The van der Waals surface area contributed by atoms with E-state index in [1.165, 1.54) is 22.3 Å². The summed E-state index contributed by atoms with van der Waals surface area (Å²) in [5, 5.41) is 0. The van der Waals surface area contributed by atoms with E-state index in [0.29, 0.717) is 9.54 Å². The second-order valence-corrected chi connectivity index (χ2v) is 24.2. The Bertz CT molecular complexity index is 2020. The van der Waals surface area contributed by atoms with Gasteiger partial charge in [0.25, 0.3) is 0 Å². The molecule has 2 fully saturated rings. The number of halogens is 2. The van der Waals surface area contributed by atoms with Crippen LogP contribution in [0.4, 0.5) is 0 Å². The van der Waals surface area contributed by atoms with Crippen LogP contribution in [0, 0.1) is 57.7 Å². The molecular weight excluding hydrogens is 751 g/mol. The van der Waals surface area contributed by atoms with Crippen molar-refractivity contribution in [3.63, 3.8) is 0 Å². The van der Waals surface area contributed by atoms with E-state index >= 15 is 0 Å². The van der Waals surface area contributed by atoms with Crippen molar-refractivity contribution in [2.24, 2.45) is 43.8 Å².